The molecule has 2 aliphatic rings. The number of carbonyl (C=O) groups is 2. The van der Waals surface area contributed by atoms with Gasteiger partial charge in [0.05, 0.1) is 18.1 Å². The van der Waals surface area contributed by atoms with E-state index >= 15 is 0 Å². The molecule has 0 bridgehead atoms. The lowest BCUT2D eigenvalue weighted by molar-refractivity contribution is -0.126. The van der Waals surface area contributed by atoms with Crippen molar-refractivity contribution >= 4 is 22.0 Å². The number of carbonyl (C=O) groups excluding carboxylic acids is 2. The summed E-state index contributed by atoms with van der Waals surface area (Å²) in [6.45, 7) is 2.04. The smallest absolute Gasteiger partial charge is 0.321 e. The quantitative estimate of drug-likeness (QED) is 0.652. The van der Waals surface area contributed by atoms with Gasteiger partial charge in [-0.05, 0) is 17.7 Å². The Labute approximate surface area is 198 Å². The fourth-order valence-electron chi connectivity index (χ4n) is 4.06. The number of nitrogens with one attached hydrogen (secondary N) is 2. The number of imide groups is 1. The van der Waals surface area contributed by atoms with Crippen molar-refractivity contribution in [3.8, 4) is 11.5 Å². The number of fused-ring (bicyclic) bond motifs is 1. The van der Waals surface area contributed by atoms with Crippen LogP contribution in [-0.2, 0) is 14.8 Å². The van der Waals surface area contributed by atoms with E-state index in [1.807, 2.05) is 35.2 Å². The van der Waals surface area contributed by atoms with Crippen molar-refractivity contribution in [1.82, 2.24) is 19.8 Å². The van der Waals surface area contributed by atoms with Crippen LogP contribution in [0.1, 0.15) is 18.0 Å². The van der Waals surface area contributed by atoms with E-state index in [0.717, 1.165) is 12.0 Å². The number of sulfonamides is 1. The van der Waals surface area contributed by atoms with Crippen LogP contribution in [0.15, 0.2) is 53.4 Å². The summed E-state index contributed by atoms with van der Waals surface area (Å²) in [6.07, 6.45) is 0.731. The molecule has 34 heavy (non-hydrogen) atoms. The second-order valence-corrected chi connectivity index (χ2v) is 9.92. The molecule has 2 N–H and O–H groups in total. The van der Waals surface area contributed by atoms with E-state index < -0.39 is 28.0 Å². The average molecular weight is 489 g/mol. The van der Waals surface area contributed by atoms with E-state index in [4.69, 9.17) is 9.47 Å². The van der Waals surface area contributed by atoms with Gasteiger partial charge in [0.1, 0.15) is 6.04 Å². The average Bonchev–Trinajstić information content (AvgIpc) is 3.10. The number of hydrogen-bond acceptors (Lipinski definition) is 7. The second-order valence-electron chi connectivity index (χ2n) is 7.98. The van der Waals surface area contributed by atoms with Crippen LogP contribution in [0.2, 0.25) is 0 Å². The molecule has 0 aromatic heterocycles. The normalized spacial score (nSPS) is 17.9. The molecule has 1 unspecified atom stereocenters. The topological polar surface area (TPSA) is 117 Å². The molecule has 0 saturated carbocycles. The molecule has 11 heteroatoms. The van der Waals surface area contributed by atoms with Crippen LogP contribution in [0.4, 0.5) is 4.79 Å². The number of hydrogen-bond donors (Lipinski definition) is 2. The van der Waals surface area contributed by atoms with Crippen LogP contribution in [0.5, 0.6) is 11.5 Å². The molecule has 2 aromatic carbocycles. The molecule has 0 radical (unpaired) electrons. The molecule has 2 aromatic rings. The molecule has 2 aliphatic heterocycles. The lowest BCUT2D eigenvalue weighted by atomic mass is 10.0. The zero-order valence-electron chi connectivity index (χ0n) is 18.9. The summed E-state index contributed by atoms with van der Waals surface area (Å²) >= 11 is 0. The van der Waals surface area contributed by atoms with Crippen molar-refractivity contribution in [2.45, 2.75) is 17.4 Å². The molecule has 4 rings (SSSR count). The zero-order valence-corrected chi connectivity index (χ0v) is 19.7. The summed E-state index contributed by atoms with van der Waals surface area (Å²) in [5.41, 5.74) is 0.725. The highest BCUT2D eigenvalue weighted by atomic mass is 32.2. The molecule has 2 heterocycles. The molecule has 1 saturated heterocycles. The number of rotatable bonds is 5. The first kappa shape index (κ1) is 24.0. The number of benzene rings is 2. The highest BCUT2D eigenvalue weighted by Crippen LogP contribution is 2.33. The Morgan fingerprint density at radius 1 is 0.941 bits per heavy atom. The highest BCUT2D eigenvalue weighted by molar-refractivity contribution is 7.89. The standard InChI is InChI=1S/C23H28N4O6S/c1-24-23(29)25-22(28)21(17-6-3-2-4-7-17)26-10-12-27(13-11-26)34(30,31)18-8-9-19-20(16-18)33-15-5-14-32-19/h2-4,6-9,16,21H,5,10-15H2,1H3,(H2,24,25,28,29). The third-order valence-electron chi connectivity index (χ3n) is 5.82. The van der Waals surface area contributed by atoms with Crippen LogP contribution in [0, 0.1) is 0 Å². The number of amides is 3. The van der Waals surface area contributed by atoms with Gasteiger partial charge in [-0.2, -0.15) is 4.31 Å². The SMILES string of the molecule is CNC(=O)NC(=O)C(c1ccccc1)N1CCN(S(=O)(=O)c2ccc3c(c2)OCCCO3)CC1. The maximum Gasteiger partial charge on any atom is 0.321 e. The van der Waals surface area contributed by atoms with Gasteiger partial charge < -0.3 is 14.8 Å². The van der Waals surface area contributed by atoms with Crippen molar-refractivity contribution in [2.24, 2.45) is 0 Å². The third kappa shape index (κ3) is 5.16. The first-order valence-electron chi connectivity index (χ1n) is 11.1. The summed E-state index contributed by atoms with van der Waals surface area (Å²) in [7, 11) is -2.32. The van der Waals surface area contributed by atoms with E-state index in [0.29, 0.717) is 37.8 Å². The Balaban J connectivity index is 1.50. The van der Waals surface area contributed by atoms with Crippen LogP contribution in [0.25, 0.3) is 0 Å². The molecule has 3 amide bonds. The van der Waals surface area contributed by atoms with E-state index in [1.165, 1.54) is 23.5 Å². The first-order chi connectivity index (χ1) is 16.4. The lowest BCUT2D eigenvalue weighted by Crippen LogP contribution is -2.53. The van der Waals surface area contributed by atoms with Gasteiger partial charge in [-0.25, -0.2) is 13.2 Å². The summed E-state index contributed by atoms with van der Waals surface area (Å²) in [4.78, 5) is 26.7. The minimum Gasteiger partial charge on any atom is -0.490 e. The minimum absolute atomic E-state index is 0.141. The van der Waals surface area contributed by atoms with Gasteiger partial charge in [0.25, 0.3) is 0 Å². The van der Waals surface area contributed by atoms with E-state index in [1.54, 1.807) is 6.07 Å². The third-order valence-corrected chi connectivity index (χ3v) is 7.72. The Morgan fingerprint density at radius 2 is 1.62 bits per heavy atom. The zero-order chi connectivity index (χ0) is 24.1. The molecule has 0 aliphatic carbocycles. The van der Waals surface area contributed by atoms with Crippen molar-refractivity contribution < 1.29 is 27.5 Å². The van der Waals surface area contributed by atoms with Gasteiger partial charge in [-0.3, -0.25) is 15.0 Å². The number of ether oxygens (including phenoxy) is 2. The van der Waals surface area contributed by atoms with Crippen LogP contribution < -0.4 is 20.1 Å². The van der Waals surface area contributed by atoms with Crippen LogP contribution >= 0.6 is 0 Å². The monoisotopic (exact) mass is 488 g/mol. The maximum atomic E-state index is 13.3. The largest absolute Gasteiger partial charge is 0.490 e. The molecular formula is C23H28N4O6S. The highest BCUT2D eigenvalue weighted by Gasteiger charge is 2.35. The molecule has 182 valence electrons. The minimum atomic E-state index is -3.76. The number of piperazine rings is 1. The predicted octanol–water partition coefficient (Wildman–Crippen LogP) is 1.35. The summed E-state index contributed by atoms with van der Waals surface area (Å²) in [5.74, 6) is 0.492. The molecule has 0 spiro atoms. The van der Waals surface area contributed by atoms with Gasteiger partial charge in [-0.15, -0.1) is 0 Å². The Kier molecular flexibility index (Phi) is 7.35. The van der Waals surface area contributed by atoms with Crippen molar-refractivity contribution in [3.05, 3.63) is 54.1 Å². The lowest BCUT2D eigenvalue weighted by Gasteiger charge is -2.38. The summed E-state index contributed by atoms with van der Waals surface area (Å²) in [6, 6.07) is 12.5. The van der Waals surface area contributed by atoms with E-state index in [2.05, 4.69) is 10.6 Å². The van der Waals surface area contributed by atoms with Crippen molar-refractivity contribution in [1.29, 1.82) is 0 Å². The fraction of sp³-hybridized carbons (Fsp3) is 0.391. The fourth-order valence-corrected chi connectivity index (χ4v) is 5.50. The number of nitrogens with zero attached hydrogens (tertiary/aromatic N) is 2. The van der Waals surface area contributed by atoms with Crippen molar-refractivity contribution in [3.63, 3.8) is 0 Å². The second kappa shape index (κ2) is 10.4. The summed E-state index contributed by atoms with van der Waals surface area (Å²) in [5, 5.41) is 4.72. The summed E-state index contributed by atoms with van der Waals surface area (Å²) < 4.78 is 39.2. The molecular weight excluding hydrogens is 460 g/mol. The maximum absolute atomic E-state index is 13.3. The van der Waals surface area contributed by atoms with Gasteiger partial charge in [0.15, 0.2) is 11.5 Å². The molecule has 1 atom stereocenters. The van der Waals surface area contributed by atoms with Gasteiger partial charge in [0.2, 0.25) is 15.9 Å². The van der Waals surface area contributed by atoms with Crippen LogP contribution in [0.3, 0.4) is 0 Å². The Bertz CT molecular complexity index is 1130. The molecule has 1 fully saturated rings. The van der Waals surface area contributed by atoms with Gasteiger partial charge >= 0.3 is 6.03 Å². The Hall–Kier alpha value is -3.15. The van der Waals surface area contributed by atoms with Crippen molar-refractivity contribution in [2.75, 3.05) is 46.4 Å². The van der Waals surface area contributed by atoms with Gasteiger partial charge in [-0.1, -0.05) is 30.3 Å². The predicted molar refractivity (Wildman–Crippen MR) is 124 cm³/mol. The van der Waals surface area contributed by atoms with E-state index in [9.17, 15) is 18.0 Å². The first-order valence-corrected chi connectivity index (χ1v) is 12.6. The van der Waals surface area contributed by atoms with Crippen LogP contribution in [-0.4, -0.2) is 76.0 Å². The Morgan fingerprint density at radius 3 is 2.29 bits per heavy atom. The van der Waals surface area contributed by atoms with Gasteiger partial charge in [0, 0.05) is 45.7 Å². The number of urea groups is 1. The molecule has 10 nitrogen and oxygen atoms in total. The van der Waals surface area contributed by atoms with E-state index in [-0.39, 0.29) is 18.0 Å².